The molecule has 0 saturated heterocycles. The van der Waals surface area contributed by atoms with Gasteiger partial charge in [-0.1, -0.05) is 37.6 Å². The molecule has 134 valence electrons. The smallest absolute Gasteiger partial charge is 0.206 e. The van der Waals surface area contributed by atoms with Gasteiger partial charge in [-0.3, -0.25) is 0 Å². The van der Waals surface area contributed by atoms with E-state index in [4.69, 9.17) is 0 Å². The van der Waals surface area contributed by atoms with Crippen molar-refractivity contribution in [1.29, 1.82) is 0 Å². The zero-order chi connectivity index (χ0) is 18.4. The number of benzene rings is 2. The molecule has 0 unspecified atom stereocenters. The van der Waals surface area contributed by atoms with E-state index in [1.54, 1.807) is 0 Å². The van der Waals surface area contributed by atoms with Crippen molar-refractivity contribution < 1.29 is 22.0 Å². The third-order valence-corrected chi connectivity index (χ3v) is 3.84. The first-order valence-corrected chi connectivity index (χ1v) is 8.10. The maximum Gasteiger partial charge on any atom is 0.409 e. The van der Waals surface area contributed by atoms with Crippen molar-refractivity contribution in [1.82, 2.24) is 0 Å². The molecule has 0 aliphatic heterocycles. The zero-order valence-corrected chi connectivity index (χ0v) is 13.8. The first-order chi connectivity index (χ1) is 11.8. The van der Waals surface area contributed by atoms with Crippen LogP contribution in [0, 0.1) is 11.6 Å². The first kappa shape index (κ1) is 19.2. The number of aryl methyl sites for hydroxylation is 3. The molecule has 2 rings (SSSR count). The Labute approximate surface area is 144 Å². The van der Waals surface area contributed by atoms with Crippen LogP contribution in [0.15, 0.2) is 42.5 Å². The lowest BCUT2D eigenvalue weighted by atomic mass is 10.0. The summed E-state index contributed by atoms with van der Waals surface area (Å²) in [7, 11) is 0. The van der Waals surface area contributed by atoms with Crippen LogP contribution < -0.4 is 0 Å². The average molecular weight is 354 g/mol. The Hall–Kier alpha value is -2.17. The van der Waals surface area contributed by atoms with Crippen molar-refractivity contribution in [2.45, 2.75) is 38.8 Å². The molecule has 0 amide bonds. The minimum Gasteiger partial charge on any atom is -0.206 e. The highest BCUT2D eigenvalue weighted by atomic mass is 19.4. The summed E-state index contributed by atoms with van der Waals surface area (Å²) in [6.07, 6.45) is -1.29. The van der Waals surface area contributed by atoms with Gasteiger partial charge in [-0.05, 0) is 54.2 Å². The first-order valence-electron chi connectivity index (χ1n) is 8.10. The van der Waals surface area contributed by atoms with Crippen molar-refractivity contribution in [3.05, 3.63) is 76.4 Å². The second-order valence-electron chi connectivity index (χ2n) is 5.91. The highest BCUT2D eigenvalue weighted by Crippen LogP contribution is 2.22. The lowest BCUT2D eigenvalue weighted by Gasteiger charge is -2.07. The standard InChI is InChI=1S/C20H19F5/c1-2-3-14-4-6-15(7-5-14)8-9-16-12-18(21)17(19(22)13-16)10-11-20(23,24)25/h4-7,10-13H,2-3,8-9H2,1H3. The molecule has 0 bridgehead atoms. The van der Waals surface area contributed by atoms with Gasteiger partial charge in [0, 0.05) is 11.6 Å². The number of halogens is 5. The van der Waals surface area contributed by atoms with Crippen molar-refractivity contribution in [2.75, 3.05) is 0 Å². The molecule has 2 aromatic carbocycles. The van der Waals surface area contributed by atoms with Crippen LogP contribution in [0.1, 0.15) is 35.6 Å². The molecule has 25 heavy (non-hydrogen) atoms. The van der Waals surface area contributed by atoms with Crippen molar-refractivity contribution in [3.63, 3.8) is 0 Å². The number of rotatable bonds is 6. The van der Waals surface area contributed by atoms with Gasteiger partial charge in [0.05, 0.1) is 0 Å². The van der Waals surface area contributed by atoms with E-state index in [2.05, 4.69) is 6.92 Å². The van der Waals surface area contributed by atoms with E-state index >= 15 is 0 Å². The Morgan fingerprint density at radius 1 is 0.800 bits per heavy atom. The van der Waals surface area contributed by atoms with E-state index in [-0.39, 0.29) is 6.08 Å². The fourth-order valence-electron chi connectivity index (χ4n) is 2.57. The highest BCUT2D eigenvalue weighted by molar-refractivity contribution is 5.52. The summed E-state index contributed by atoms with van der Waals surface area (Å²) in [5, 5.41) is 0. The van der Waals surface area contributed by atoms with Gasteiger partial charge in [0.15, 0.2) is 0 Å². The fraction of sp³-hybridized carbons (Fsp3) is 0.300. The summed E-state index contributed by atoms with van der Waals surface area (Å²) in [5.74, 6) is -1.98. The molecule has 0 saturated carbocycles. The van der Waals surface area contributed by atoms with Crippen LogP contribution in [0.3, 0.4) is 0 Å². The quantitative estimate of drug-likeness (QED) is 0.536. The Kier molecular flexibility index (Phi) is 6.34. The molecule has 2 aromatic rings. The predicted octanol–water partition coefficient (Wildman–Crippen LogP) is 6.28. The van der Waals surface area contributed by atoms with E-state index < -0.39 is 23.4 Å². The third-order valence-electron chi connectivity index (χ3n) is 3.84. The van der Waals surface area contributed by atoms with Crippen molar-refractivity contribution >= 4 is 6.08 Å². The second-order valence-corrected chi connectivity index (χ2v) is 5.91. The molecule has 5 heteroatoms. The lowest BCUT2D eigenvalue weighted by Crippen LogP contribution is -2.02. The summed E-state index contributed by atoms with van der Waals surface area (Å²) < 4.78 is 64.2. The molecule has 0 heterocycles. The van der Waals surface area contributed by atoms with Gasteiger partial charge in [-0.2, -0.15) is 13.2 Å². The van der Waals surface area contributed by atoms with E-state index in [0.717, 1.165) is 30.5 Å². The Balaban J connectivity index is 2.07. The van der Waals surface area contributed by atoms with E-state index in [1.807, 2.05) is 24.3 Å². The number of allylic oxidation sites excluding steroid dienone is 1. The van der Waals surface area contributed by atoms with Gasteiger partial charge in [0.2, 0.25) is 0 Å². The van der Waals surface area contributed by atoms with Crippen LogP contribution in [0.4, 0.5) is 22.0 Å². The summed E-state index contributed by atoms with van der Waals surface area (Å²) in [4.78, 5) is 0. The van der Waals surface area contributed by atoms with Gasteiger partial charge in [-0.15, -0.1) is 0 Å². The van der Waals surface area contributed by atoms with E-state index in [1.165, 1.54) is 5.56 Å². The molecule has 0 aliphatic carbocycles. The van der Waals surface area contributed by atoms with Gasteiger partial charge >= 0.3 is 6.18 Å². The molecule has 0 fully saturated rings. The molecule has 0 radical (unpaired) electrons. The molecular formula is C20H19F5. The van der Waals surface area contributed by atoms with Crippen LogP contribution in [0.25, 0.3) is 6.08 Å². The third kappa shape index (κ3) is 6.00. The number of hydrogen-bond donors (Lipinski definition) is 0. The maximum atomic E-state index is 13.9. The van der Waals surface area contributed by atoms with E-state index in [0.29, 0.717) is 24.5 Å². The summed E-state index contributed by atoms with van der Waals surface area (Å²) in [5.41, 5.74) is 2.02. The fourth-order valence-corrected chi connectivity index (χ4v) is 2.57. The summed E-state index contributed by atoms with van der Waals surface area (Å²) >= 11 is 0. The maximum absolute atomic E-state index is 13.9. The molecule has 0 atom stereocenters. The SMILES string of the molecule is CCCc1ccc(CCc2cc(F)c(C=CC(F)(F)F)c(F)c2)cc1. The Morgan fingerprint density at radius 2 is 1.28 bits per heavy atom. The van der Waals surface area contributed by atoms with Gasteiger partial charge in [0.25, 0.3) is 0 Å². The van der Waals surface area contributed by atoms with Crippen LogP contribution in [0.2, 0.25) is 0 Å². The van der Waals surface area contributed by atoms with Gasteiger partial charge in [-0.25, -0.2) is 8.78 Å². The average Bonchev–Trinajstić information content (AvgIpc) is 2.52. The summed E-state index contributed by atoms with van der Waals surface area (Å²) in [6, 6.07) is 10.2. The van der Waals surface area contributed by atoms with Crippen molar-refractivity contribution in [2.24, 2.45) is 0 Å². The minimum absolute atomic E-state index is 0.175. The normalized spacial score (nSPS) is 12.1. The van der Waals surface area contributed by atoms with Crippen molar-refractivity contribution in [3.8, 4) is 0 Å². The minimum atomic E-state index is -4.61. The molecule has 0 aliphatic rings. The number of alkyl halides is 3. The predicted molar refractivity (Wildman–Crippen MR) is 89.3 cm³/mol. The largest absolute Gasteiger partial charge is 0.409 e. The monoisotopic (exact) mass is 354 g/mol. The Morgan fingerprint density at radius 3 is 1.76 bits per heavy atom. The van der Waals surface area contributed by atoms with Crippen LogP contribution in [0.5, 0.6) is 0 Å². The molecule has 0 aromatic heterocycles. The molecule has 0 nitrogen and oxygen atoms in total. The topological polar surface area (TPSA) is 0 Å². The number of hydrogen-bond acceptors (Lipinski definition) is 0. The van der Waals surface area contributed by atoms with Gasteiger partial charge < -0.3 is 0 Å². The van der Waals surface area contributed by atoms with E-state index in [9.17, 15) is 22.0 Å². The molecule has 0 N–H and O–H groups in total. The molecule has 0 spiro atoms. The Bertz CT molecular complexity index is 704. The van der Waals surface area contributed by atoms with Crippen LogP contribution in [-0.4, -0.2) is 6.18 Å². The van der Waals surface area contributed by atoms with Crippen LogP contribution >= 0.6 is 0 Å². The molecular weight excluding hydrogens is 335 g/mol. The zero-order valence-electron chi connectivity index (χ0n) is 13.8. The second kappa shape index (κ2) is 8.28. The highest BCUT2D eigenvalue weighted by Gasteiger charge is 2.22. The van der Waals surface area contributed by atoms with Gasteiger partial charge in [0.1, 0.15) is 11.6 Å². The van der Waals surface area contributed by atoms with Crippen LogP contribution in [-0.2, 0) is 19.3 Å². The lowest BCUT2D eigenvalue weighted by molar-refractivity contribution is -0.0790. The summed E-state index contributed by atoms with van der Waals surface area (Å²) in [6.45, 7) is 2.10.